The van der Waals surface area contributed by atoms with Crippen molar-refractivity contribution in [2.45, 2.75) is 56.7 Å². The third-order valence-electron chi connectivity index (χ3n) is 5.98. The second-order valence-electron chi connectivity index (χ2n) is 7.52. The van der Waals surface area contributed by atoms with Crippen LogP contribution in [0.25, 0.3) is 0 Å². The highest BCUT2D eigenvalue weighted by atomic mass is 16.3. The molecular weight excluding hydrogens is 246 g/mol. The first-order valence-corrected chi connectivity index (χ1v) is 8.16. The molecule has 2 heteroatoms. The van der Waals surface area contributed by atoms with Gasteiger partial charge in [-0.05, 0) is 62.3 Å². The number of benzene rings is 1. The molecule has 0 saturated heterocycles. The first kappa shape index (κ1) is 12.8. The summed E-state index contributed by atoms with van der Waals surface area (Å²) in [5.74, 6) is 2.18. The van der Waals surface area contributed by atoms with Gasteiger partial charge in [0.15, 0.2) is 0 Å². The fourth-order valence-electron chi connectivity index (χ4n) is 5.38. The minimum atomic E-state index is -0.315. The average Bonchev–Trinajstić information content (AvgIpc) is 2.42. The Kier molecular flexibility index (Phi) is 2.94. The first-order valence-electron chi connectivity index (χ1n) is 8.16. The Balaban J connectivity index is 1.50. The van der Waals surface area contributed by atoms with Crippen LogP contribution in [-0.4, -0.2) is 16.7 Å². The molecule has 2 N–H and O–H groups in total. The minimum absolute atomic E-state index is 0.315. The third-order valence-corrected chi connectivity index (χ3v) is 5.98. The predicted octanol–water partition coefficient (Wildman–Crippen LogP) is 3.28. The zero-order valence-corrected chi connectivity index (χ0v) is 12.3. The Hall–Kier alpha value is -0.860. The number of nitrogens with one attached hydrogen (secondary N) is 1. The lowest BCUT2D eigenvalue weighted by Crippen LogP contribution is -2.61. The standard InChI is InChI=1S/C18H25NO/c1-12(14-5-3-2-4-6-14)19-17-15-7-13-8-16(17)11-18(20,9-13)10-15/h2-6,12-13,15-17,19-20H,7-11H2,1H3. The van der Waals surface area contributed by atoms with Gasteiger partial charge in [-0.3, -0.25) is 0 Å². The molecule has 0 amide bonds. The zero-order chi connectivity index (χ0) is 13.7. The Morgan fingerprint density at radius 1 is 1.10 bits per heavy atom. The second kappa shape index (κ2) is 4.57. The molecule has 0 heterocycles. The maximum absolute atomic E-state index is 10.6. The van der Waals surface area contributed by atoms with Crippen LogP contribution in [0.3, 0.4) is 0 Å². The van der Waals surface area contributed by atoms with Crippen LogP contribution in [0.15, 0.2) is 30.3 Å². The molecule has 4 bridgehead atoms. The molecule has 0 aromatic heterocycles. The van der Waals surface area contributed by atoms with Gasteiger partial charge in [-0.1, -0.05) is 30.3 Å². The summed E-state index contributed by atoms with van der Waals surface area (Å²) in [7, 11) is 0. The van der Waals surface area contributed by atoms with Gasteiger partial charge >= 0.3 is 0 Å². The maximum Gasteiger partial charge on any atom is 0.0657 e. The SMILES string of the molecule is CC(NC1C2CC3CC1CC(O)(C3)C2)c1ccccc1. The van der Waals surface area contributed by atoms with Crippen molar-refractivity contribution in [2.24, 2.45) is 17.8 Å². The average molecular weight is 271 g/mol. The van der Waals surface area contributed by atoms with Gasteiger partial charge in [-0.25, -0.2) is 0 Å². The van der Waals surface area contributed by atoms with Gasteiger partial charge in [-0.2, -0.15) is 0 Å². The van der Waals surface area contributed by atoms with Gasteiger partial charge < -0.3 is 10.4 Å². The van der Waals surface area contributed by atoms with E-state index in [1.807, 2.05) is 0 Å². The summed E-state index contributed by atoms with van der Waals surface area (Å²) in [4.78, 5) is 0. The van der Waals surface area contributed by atoms with Crippen molar-refractivity contribution in [3.05, 3.63) is 35.9 Å². The van der Waals surface area contributed by atoms with Crippen LogP contribution in [0.4, 0.5) is 0 Å². The minimum Gasteiger partial charge on any atom is -0.390 e. The van der Waals surface area contributed by atoms with Gasteiger partial charge in [0.2, 0.25) is 0 Å². The third kappa shape index (κ3) is 2.10. The molecule has 1 aromatic rings. The molecule has 108 valence electrons. The topological polar surface area (TPSA) is 32.3 Å². The van der Waals surface area contributed by atoms with Gasteiger partial charge in [0.1, 0.15) is 0 Å². The maximum atomic E-state index is 10.6. The summed E-state index contributed by atoms with van der Waals surface area (Å²) in [6.07, 6.45) is 5.79. The Bertz CT molecular complexity index is 469. The van der Waals surface area contributed by atoms with Gasteiger partial charge in [0.05, 0.1) is 5.60 Å². The lowest BCUT2D eigenvalue weighted by Gasteiger charge is -2.58. The van der Waals surface area contributed by atoms with Crippen LogP contribution in [-0.2, 0) is 0 Å². The van der Waals surface area contributed by atoms with Crippen molar-refractivity contribution in [2.75, 3.05) is 0 Å². The molecule has 3 atom stereocenters. The molecule has 0 radical (unpaired) electrons. The van der Waals surface area contributed by atoms with Crippen LogP contribution in [0.1, 0.15) is 50.6 Å². The smallest absolute Gasteiger partial charge is 0.0657 e. The Morgan fingerprint density at radius 3 is 2.35 bits per heavy atom. The largest absolute Gasteiger partial charge is 0.390 e. The molecule has 0 aliphatic heterocycles. The van der Waals surface area contributed by atoms with Crippen LogP contribution in [0.2, 0.25) is 0 Å². The molecule has 1 aromatic carbocycles. The molecule has 20 heavy (non-hydrogen) atoms. The van der Waals surface area contributed by atoms with E-state index in [9.17, 15) is 5.11 Å². The summed E-state index contributed by atoms with van der Waals surface area (Å²) < 4.78 is 0. The van der Waals surface area contributed by atoms with E-state index in [1.165, 1.54) is 18.4 Å². The lowest BCUT2D eigenvalue weighted by atomic mass is 9.52. The molecular formula is C18H25NO. The summed E-state index contributed by atoms with van der Waals surface area (Å²) in [5, 5.41) is 14.5. The summed E-state index contributed by atoms with van der Waals surface area (Å²) in [6, 6.07) is 11.8. The summed E-state index contributed by atoms with van der Waals surface area (Å²) in [5.41, 5.74) is 1.06. The van der Waals surface area contributed by atoms with Crippen molar-refractivity contribution in [1.82, 2.24) is 5.32 Å². The second-order valence-corrected chi connectivity index (χ2v) is 7.52. The molecule has 4 saturated carbocycles. The van der Waals surface area contributed by atoms with E-state index in [1.54, 1.807) is 0 Å². The normalized spacial score (nSPS) is 43.7. The van der Waals surface area contributed by atoms with Crippen molar-refractivity contribution < 1.29 is 5.11 Å². The highest BCUT2D eigenvalue weighted by Crippen LogP contribution is 2.55. The fraction of sp³-hybridized carbons (Fsp3) is 0.667. The van der Waals surface area contributed by atoms with E-state index in [4.69, 9.17) is 0 Å². The van der Waals surface area contributed by atoms with Crippen LogP contribution in [0.5, 0.6) is 0 Å². The number of rotatable bonds is 3. The Morgan fingerprint density at radius 2 is 1.75 bits per heavy atom. The number of aliphatic hydroxyl groups is 1. The van der Waals surface area contributed by atoms with Gasteiger partial charge in [0, 0.05) is 12.1 Å². The first-order chi connectivity index (χ1) is 9.63. The highest BCUT2D eigenvalue weighted by Gasteiger charge is 2.54. The van der Waals surface area contributed by atoms with Crippen LogP contribution >= 0.6 is 0 Å². The van der Waals surface area contributed by atoms with E-state index in [-0.39, 0.29) is 5.60 Å². The monoisotopic (exact) mass is 271 g/mol. The predicted molar refractivity (Wildman–Crippen MR) is 80.3 cm³/mol. The number of hydrogen-bond donors (Lipinski definition) is 2. The molecule has 2 nitrogen and oxygen atoms in total. The van der Waals surface area contributed by atoms with E-state index in [0.717, 1.165) is 25.2 Å². The molecule has 0 spiro atoms. The molecule has 4 aliphatic carbocycles. The van der Waals surface area contributed by atoms with Gasteiger partial charge in [-0.15, -0.1) is 0 Å². The van der Waals surface area contributed by atoms with Crippen molar-refractivity contribution >= 4 is 0 Å². The van der Waals surface area contributed by atoms with E-state index < -0.39 is 0 Å². The molecule has 5 rings (SSSR count). The van der Waals surface area contributed by atoms with E-state index in [2.05, 4.69) is 42.6 Å². The molecule has 4 aliphatic rings. The number of hydrogen-bond acceptors (Lipinski definition) is 2. The highest BCUT2D eigenvalue weighted by molar-refractivity contribution is 5.19. The Labute approximate surface area is 121 Å². The quantitative estimate of drug-likeness (QED) is 0.884. The van der Waals surface area contributed by atoms with Crippen molar-refractivity contribution in [3.63, 3.8) is 0 Å². The van der Waals surface area contributed by atoms with Gasteiger partial charge in [0.25, 0.3) is 0 Å². The van der Waals surface area contributed by atoms with Crippen molar-refractivity contribution in [3.8, 4) is 0 Å². The summed E-state index contributed by atoms with van der Waals surface area (Å²) >= 11 is 0. The van der Waals surface area contributed by atoms with E-state index >= 15 is 0 Å². The zero-order valence-electron chi connectivity index (χ0n) is 12.3. The fourth-order valence-corrected chi connectivity index (χ4v) is 5.38. The van der Waals surface area contributed by atoms with Crippen LogP contribution < -0.4 is 5.32 Å². The van der Waals surface area contributed by atoms with Crippen molar-refractivity contribution in [1.29, 1.82) is 0 Å². The molecule has 3 unspecified atom stereocenters. The lowest BCUT2D eigenvalue weighted by molar-refractivity contribution is -0.139. The van der Waals surface area contributed by atoms with E-state index in [0.29, 0.717) is 23.9 Å². The van der Waals surface area contributed by atoms with Crippen LogP contribution in [0, 0.1) is 17.8 Å². The molecule has 4 fully saturated rings. The summed E-state index contributed by atoms with van der Waals surface area (Å²) in [6.45, 7) is 2.27.